The number of rotatable bonds is 5. The molecule has 9 heteroatoms. The molecule has 3 rings (SSSR count). The summed E-state index contributed by atoms with van der Waals surface area (Å²) in [5.41, 5.74) is 1.36. The van der Waals surface area contributed by atoms with E-state index in [1.54, 1.807) is 18.2 Å². The molecule has 0 atom stereocenters. The van der Waals surface area contributed by atoms with Gasteiger partial charge in [-0.15, -0.1) is 0 Å². The molecule has 134 valence electrons. The minimum Gasteiger partial charge on any atom is -0.496 e. The SMILES string of the molecule is COc1cccc(F)c1-c1cc(-c2cncc(NC(=O)C(Cl)Cl)c2)on1. The number of amides is 1. The third kappa shape index (κ3) is 3.79. The number of halogens is 3. The third-order valence-corrected chi connectivity index (χ3v) is 3.85. The zero-order valence-electron chi connectivity index (χ0n) is 13.4. The Morgan fingerprint density at radius 3 is 2.85 bits per heavy atom. The van der Waals surface area contributed by atoms with Gasteiger partial charge in [0, 0.05) is 17.8 Å². The summed E-state index contributed by atoms with van der Waals surface area (Å²) in [6, 6.07) is 7.62. The summed E-state index contributed by atoms with van der Waals surface area (Å²) in [6.45, 7) is 0. The van der Waals surface area contributed by atoms with Crippen LogP contribution in [0.3, 0.4) is 0 Å². The maximum Gasteiger partial charge on any atom is 0.257 e. The Labute approximate surface area is 157 Å². The summed E-state index contributed by atoms with van der Waals surface area (Å²) >= 11 is 11.0. The van der Waals surface area contributed by atoms with Crippen molar-refractivity contribution in [2.75, 3.05) is 12.4 Å². The van der Waals surface area contributed by atoms with E-state index in [0.717, 1.165) is 0 Å². The molecule has 0 fully saturated rings. The number of carbonyl (C=O) groups excluding carboxylic acids is 1. The molecular formula is C17H12Cl2FN3O3. The summed E-state index contributed by atoms with van der Waals surface area (Å²) in [5.74, 6) is -0.401. The normalized spacial score (nSPS) is 10.8. The van der Waals surface area contributed by atoms with Crippen molar-refractivity contribution in [1.29, 1.82) is 0 Å². The van der Waals surface area contributed by atoms with E-state index >= 15 is 0 Å². The van der Waals surface area contributed by atoms with Gasteiger partial charge < -0.3 is 14.6 Å². The van der Waals surface area contributed by atoms with Crippen molar-refractivity contribution in [3.05, 3.63) is 48.5 Å². The average molecular weight is 396 g/mol. The zero-order chi connectivity index (χ0) is 18.7. The number of methoxy groups -OCH3 is 1. The molecule has 2 aromatic heterocycles. The first-order valence-corrected chi connectivity index (χ1v) is 8.21. The Morgan fingerprint density at radius 1 is 1.31 bits per heavy atom. The van der Waals surface area contributed by atoms with E-state index < -0.39 is 16.6 Å². The van der Waals surface area contributed by atoms with E-state index in [-0.39, 0.29) is 11.3 Å². The first-order chi connectivity index (χ1) is 12.5. The number of nitrogens with zero attached hydrogens (tertiary/aromatic N) is 2. The molecule has 2 heterocycles. The van der Waals surface area contributed by atoms with Crippen LogP contribution < -0.4 is 10.1 Å². The van der Waals surface area contributed by atoms with Gasteiger partial charge in [-0.25, -0.2) is 4.39 Å². The van der Waals surface area contributed by atoms with Gasteiger partial charge in [0.15, 0.2) is 10.6 Å². The Kier molecular flexibility index (Phi) is 5.39. The largest absolute Gasteiger partial charge is 0.496 e. The molecule has 1 amide bonds. The lowest BCUT2D eigenvalue weighted by Crippen LogP contribution is -2.18. The van der Waals surface area contributed by atoms with Crippen LogP contribution in [0.4, 0.5) is 10.1 Å². The highest BCUT2D eigenvalue weighted by atomic mass is 35.5. The summed E-state index contributed by atoms with van der Waals surface area (Å²) in [4.78, 5) is 14.4. The van der Waals surface area contributed by atoms with Gasteiger partial charge in [0.1, 0.15) is 17.3 Å². The van der Waals surface area contributed by atoms with Gasteiger partial charge in [-0.2, -0.15) is 0 Å². The van der Waals surface area contributed by atoms with E-state index in [2.05, 4.69) is 15.5 Å². The summed E-state index contributed by atoms with van der Waals surface area (Å²) in [7, 11) is 1.44. The van der Waals surface area contributed by atoms with Gasteiger partial charge in [0.05, 0.1) is 24.6 Å². The van der Waals surface area contributed by atoms with Crippen LogP contribution in [0.2, 0.25) is 0 Å². The number of ether oxygens (including phenoxy) is 1. The van der Waals surface area contributed by atoms with Crippen LogP contribution in [0.1, 0.15) is 0 Å². The summed E-state index contributed by atoms with van der Waals surface area (Å²) in [6.07, 6.45) is 2.94. The molecule has 0 aliphatic heterocycles. The number of benzene rings is 1. The molecule has 0 saturated heterocycles. The van der Waals surface area contributed by atoms with Gasteiger partial charge >= 0.3 is 0 Å². The average Bonchev–Trinajstić information content (AvgIpc) is 3.11. The van der Waals surface area contributed by atoms with E-state index in [0.29, 0.717) is 22.8 Å². The number of anilines is 1. The van der Waals surface area contributed by atoms with Crippen LogP contribution in [-0.2, 0) is 4.79 Å². The van der Waals surface area contributed by atoms with Gasteiger partial charge in [-0.3, -0.25) is 9.78 Å². The molecule has 0 aliphatic rings. The fourth-order valence-electron chi connectivity index (χ4n) is 2.29. The third-order valence-electron chi connectivity index (χ3n) is 3.45. The van der Waals surface area contributed by atoms with Crippen LogP contribution in [0.25, 0.3) is 22.6 Å². The maximum absolute atomic E-state index is 14.2. The zero-order valence-corrected chi connectivity index (χ0v) is 14.9. The molecule has 1 N–H and O–H groups in total. The van der Waals surface area contributed by atoms with Crippen LogP contribution >= 0.6 is 23.2 Å². The fraction of sp³-hybridized carbons (Fsp3) is 0.118. The molecule has 1 aromatic carbocycles. The highest BCUT2D eigenvalue weighted by Gasteiger charge is 2.18. The molecule has 0 unspecified atom stereocenters. The number of carbonyl (C=O) groups is 1. The van der Waals surface area contributed by atoms with Crippen LogP contribution in [0, 0.1) is 5.82 Å². The number of hydrogen-bond acceptors (Lipinski definition) is 5. The number of pyridine rings is 1. The number of nitrogens with one attached hydrogen (secondary N) is 1. The molecule has 3 aromatic rings. The minimum atomic E-state index is -1.20. The minimum absolute atomic E-state index is 0.189. The molecule has 0 saturated carbocycles. The van der Waals surface area contributed by atoms with Gasteiger partial charge in [0.25, 0.3) is 5.91 Å². The van der Waals surface area contributed by atoms with Crippen LogP contribution in [-0.4, -0.2) is 28.0 Å². The molecule has 0 radical (unpaired) electrons. The first kappa shape index (κ1) is 18.2. The van der Waals surface area contributed by atoms with E-state index in [1.165, 1.54) is 31.6 Å². The van der Waals surface area contributed by atoms with E-state index in [1.807, 2.05) is 0 Å². The number of hydrogen-bond donors (Lipinski definition) is 1. The first-order valence-electron chi connectivity index (χ1n) is 7.33. The molecular weight excluding hydrogens is 384 g/mol. The second-order valence-corrected chi connectivity index (χ2v) is 6.24. The molecule has 0 spiro atoms. The number of aromatic nitrogens is 2. The Morgan fingerprint density at radius 2 is 2.12 bits per heavy atom. The van der Waals surface area contributed by atoms with Crippen molar-refractivity contribution in [2.45, 2.75) is 4.84 Å². The van der Waals surface area contributed by atoms with Crippen molar-refractivity contribution >= 4 is 34.8 Å². The van der Waals surface area contributed by atoms with Crippen molar-refractivity contribution in [2.24, 2.45) is 0 Å². The van der Waals surface area contributed by atoms with Crippen LogP contribution in [0.5, 0.6) is 5.75 Å². The molecule has 0 aliphatic carbocycles. The van der Waals surface area contributed by atoms with Gasteiger partial charge in [0.2, 0.25) is 0 Å². The van der Waals surface area contributed by atoms with E-state index in [4.69, 9.17) is 32.5 Å². The topological polar surface area (TPSA) is 77.2 Å². The maximum atomic E-state index is 14.2. The van der Waals surface area contributed by atoms with Gasteiger partial charge in [-0.05, 0) is 18.2 Å². The smallest absolute Gasteiger partial charge is 0.257 e. The Balaban J connectivity index is 1.93. The second-order valence-electron chi connectivity index (χ2n) is 5.15. The molecule has 6 nitrogen and oxygen atoms in total. The van der Waals surface area contributed by atoms with Crippen molar-refractivity contribution < 1.29 is 18.4 Å². The number of alkyl halides is 2. The highest BCUT2D eigenvalue weighted by molar-refractivity contribution is 6.54. The standard InChI is InChI=1S/C17H12Cl2FN3O3/c1-25-13-4-2-3-11(20)15(13)12-6-14(26-23-12)9-5-10(8-21-7-9)22-17(24)16(18)19/h2-8,16H,1H3,(H,22,24). The molecule has 0 bridgehead atoms. The molecule has 26 heavy (non-hydrogen) atoms. The Bertz CT molecular complexity index is 947. The fourth-order valence-corrected chi connectivity index (χ4v) is 2.40. The predicted molar refractivity (Wildman–Crippen MR) is 95.8 cm³/mol. The van der Waals surface area contributed by atoms with Crippen LogP contribution in [0.15, 0.2) is 47.2 Å². The van der Waals surface area contributed by atoms with Crippen molar-refractivity contribution in [3.8, 4) is 28.3 Å². The van der Waals surface area contributed by atoms with Gasteiger partial charge in [-0.1, -0.05) is 34.4 Å². The Hall–Kier alpha value is -2.64. The lowest BCUT2D eigenvalue weighted by atomic mass is 10.1. The van der Waals surface area contributed by atoms with E-state index in [9.17, 15) is 9.18 Å². The lowest BCUT2D eigenvalue weighted by molar-refractivity contribution is -0.114. The van der Waals surface area contributed by atoms with Crippen molar-refractivity contribution in [3.63, 3.8) is 0 Å². The summed E-state index contributed by atoms with van der Waals surface area (Å²) in [5, 5.41) is 6.41. The predicted octanol–water partition coefficient (Wildman–Crippen LogP) is 4.29. The monoisotopic (exact) mass is 395 g/mol. The van der Waals surface area contributed by atoms with Crippen molar-refractivity contribution in [1.82, 2.24) is 10.1 Å². The lowest BCUT2D eigenvalue weighted by Gasteiger charge is -2.06. The highest BCUT2D eigenvalue weighted by Crippen LogP contribution is 2.34. The summed E-state index contributed by atoms with van der Waals surface area (Å²) < 4.78 is 24.6. The second kappa shape index (κ2) is 7.72. The quantitative estimate of drug-likeness (QED) is 0.651.